The van der Waals surface area contributed by atoms with E-state index in [1.807, 2.05) is 0 Å². The summed E-state index contributed by atoms with van der Waals surface area (Å²) in [5, 5.41) is 23.8. The summed E-state index contributed by atoms with van der Waals surface area (Å²) in [5.74, 6) is -0.498. The van der Waals surface area contributed by atoms with Crippen LogP contribution in [0.3, 0.4) is 0 Å². The lowest BCUT2D eigenvalue weighted by Crippen LogP contribution is -2.46. The van der Waals surface area contributed by atoms with E-state index in [0.29, 0.717) is 19.3 Å². The van der Waals surface area contributed by atoms with Crippen LogP contribution in [0, 0.1) is 0 Å². The zero-order valence-corrected chi connectivity index (χ0v) is 41.5. The van der Waals surface area contributed by atoms with E-state index in [-0.39, 0.29) is 24.9 Å². The van der Waals surface area contributed by atoms with Gasteiger partial charge in [-0.25, -0.2) is 0 Å². The van der Waals surface area contributed by atoms with Crippen LogP contribution in [-0.4, -0.2) is 46.9 Å². The van der Waals surface area contributed by atoms with Crippen molar-refractivity contribution in [1.82, 2.24) is 5.32 Å². The Kier molecular flexibility index (Phi) is 48.5. The van der Waals surface area contributed by atoms with Gasteiger partial charge in [0.1, 0.15) is 6.10 Å². The Bertz CT molecular complexity index is 1020. The number of esters is 1. The minimum atomic E-state index is -0.795. The van der Waals surface area contributed by atoms with Crippen molar-refractivity contribution in [2.45, 2.75) is 302 Å². The molecule has 0 radical (unpaired) electrons. The fourth-order valence-electron chi connectivity index (χ4n) is 8.32. The van der Waals surface area contributed by atoms with Crippen molar-refractivity contribution in [2.75, 3.05) is 6.61 Å². The average molecular weight is 872 g/mol. The van der Waals surface area contributed by atoms with Crippen molar-refractivity contribution in [3.8, 4) is 0 Å². The van der Waals surface area contributed by atoms with E-state index in [0.717, 1.165) is 70.6 Å². The van der Waals surface area contributed by atoms with Crippen molar-refractivity contribution >= 4 is 11.9 Å². The van der Waals surface area contributed by atoms with E-state index >= 15 is 0 Å². The van der Waals surface area contributed by atoms with E-state index in [4.69, 9.17) is 4.74 Å². The van der Waals surface area contributed by atoms with Gasteiger partial charge in [-0.3, -0.25) is 9.59 Å². The second kappa shape index (κ2) is 50.1. The van der Waals surface area contributed by atoms with Crippen molar-refractivity contribution in [3.05, 3.63) is 36.5 Å². The first kappa shape index (κ1) is 60.1. The number of carbonyl (C=O) groups excluding carboxylic acids is 2. The Morgan fingerprint density at radius 1 is 0.468 bits per heavy atom. The summed E-state index contributed by atoms with van der Waals surface area (Å²) in [6, 6.07) is -0.710. The molecule has 0 aliphatic heterocycles. The molecule has 62 heavy (non-hydrogen) atoms. The van der Waals surface area contributed by atoms with E-state index in [9.17, 15) is 19.8 Å². The molecule has 0 fully saturated rings. The van der Waals surface area contributed by atoms with Gasteiger partial charge in [0, 0.05) is 6.42 Å². The molecule has 0 aliphatic rings. The fourth-order valence-corrected chi connectivity index (χ4v) is 8.32. The van der Waals surface area contributed by atoms with Gasteiger partial charge in [0.25, 0.3) is 0 Å². The van der Waals surface area contributed by atoms with Crippen LogP contribution in [0.4, 0.5) is 0 Å². The standard InChI is InChI=1S/C56H105NO5/c1-4-7-10-13-16-19-22-25-27-29-31-34-37-40-43-46-49-56(61)62-52(47-44-41-38-35-32-30-28-26-23-20-17-14-11-8-5-2)50-55(60)57-53(51-58)54(59)48-45-42-39-36-33-24-21-18-15-12-9-6-3/h17,20,26,28,32,35,52-54,58-59H,4-16,18-19,21-25,27,29-31,33-34,36-51H2,1-3H3,(H,57,60)/b20-17-,28-26-,35-32-. The molecule has 3 atom stereocenters. The van der Waals surface area contributed by atoms with Crippen molar-refractivity contribution in [2.24, 2.45) is 0 Å². The quantitative estimate of drug-likeness (QED) is 0.0321. The normalized spacial score (nSPS) is 13.4. The number of aliphatic hydroxyl groups excluding tert-OH is 2. The number of amides is 1. The van der Waals surface area contributed by atoms with Crippen LogP contribution in [0.25, 0.3) is 0 Å². The molecule has 0 heterocycles. The third-order valence-electron chi connectivity index (χ3n) is 12.5. The maximum atomic E-state index is 13.2. The van der Waals surface area contributed by atoms with Crippen molar-refractivity contribution in [3.63, 3.8) is 0 Å². The third-order valence-corrected chi connectivity index (χ3v) is 12.5. The summed E-state index contributed by atoms with van der Waals surface area (Å²) in [6.45, 7) is 6.46. The van der Waals surface area contributed by atoms with Crippen LogP contribution >= 0.6 is 0 Å². The van der Waals surface area contributed by atoms with Gasteiger partial charge in [-0.15, -0.1) is 0 Å². The maximum Gasteiger partial charge on any atom is 0.306 e. The van der Waals surface area contributed by atoms with Crippen LogP contribution in [-0.2, 0) is 14.3 Å². The summed E-state index contributed by atoms with van der Waals surface area (Å²) < 4.78 is 5.93. The topological polar surface area (TPSA) is 95.9 Å². The number of ether oxygens (including phenoxy) is 1. The summed E-state index contributed by atoms with van der Waals surface area (Å²) in [6.07, 6.45) is 59.2. The van der Waals surface area contributed by atoms with E-state index < -0.39 is 18.2 Å². The third kappa shape index (κ3) is 44.7. The molecule has 0 aliphatic carbocycles. The zero-order valence-electron chi connectivity index (χ0n) is 41.5. The van der Waals surface area contributed by atoms with Crippen LogP contribution in [0.5, 0.6) is 0 Å². The van der Waals surface area contributed by atoms with E-state index in [1.54, 1.807) is 0 Å². The first-order valence-electron chi connectivity index (χ1n) is 27.2. The predicted molar refractivity (Wildman–Crippen MR) is 269 cm³/mol. The lowest BCUT2D eigenvalue weighted by Gasteiger charge is -2.24. The highest BCUT2D eigenvalue weighted by Gasteiger charge is 2.24. The fraction of sp³-hybridized carbons (Fsp3) is 0.857. The van der Waals surface area contributed by atoms with Gasteiger partial charge < -0.3 is 20.3 Å². The second-order valence-corrected chi connectivity index (χ2v) is 18.6. The van der Waals surface area contributed by atoms with Gasteiger partial charge >= 0.3 is 5.97 Å². The summed E-state index contributed by atoms with van der Waals surface area (Å²) >= 11 is 0. The minimum absolute atomic E-state index is 0.0558. The predicted octanol–water partition coefficient (Wildman–Crippen LogP) is 16.5. The summed E-state index contributed by atoms with van der Waals surface area (Å²) in [4.78, 5) is 26.2. The molecule has 1 amide bonds. The molecule has 6 heteroatoms. The Balaban J connectivity index is 4.61. The number of allylic oxidation sites excluding steroid dienone is 6. The number of hydrogen-bond donors (Lipinski definition) is 3. The SMILES string of the molecule is CCCCC/C=C\C/C=C\C/C=C\CCCCC(CC(=O)NC(CO)C(O)CCCCCCCCCCCCCC)OC(=O)CCCCCCCCCCCCCCCCCC. The first-order chi connectivity index (χ1) is 30.5. The number of rotatable bonds is 49. The Hall–Kier alpha value is -1.92. The highest BCUT2D eigenvalue weighted by molar-refractivity contribution is 5.77. The number of nitrogens with one attached hydrogen (secondary N) is 1. The van der Waals surface area contributed by atoms with Crippen LogP contribution in [0.2, 0.25) is 0 Å². The molecule has 0 saturated heterocycles. The molecule has 0 aromatic carbocycles. The number of hydrogen-bond acceptors (Lipinski definition) is 5. The number of aliphatic hydroxyl groups is 2. The minimum Gasteiger partial charge on any atom is -0.462 e. The van der Waals surface area contributed by atoms with Crippen LogP contribution < -0.4 is 5.32 Å². The van der Waals surface area contributed by atoms with Crippen LogP contribution in [0.1, 0.15) is 284 Å². The highest BCUT2D eigenvalue weighted by Crippen LogP contribution is 2.18. The monoisotopic (exact) mass is 872 g/mol. The molecule has 0 aromatic heterocycles. The molecular weight excluding hydrogens is 767 g/mol. The average Bonchev–Trinajstić information content (AvgIpc) is 3.26. The number of unbranched alkanes of at least 4 members (excludes halogenated alkanes) is 31. The van der Waals surface area contributed by atoms with Gasteiger partial charge in [0.15, 0.2) is 0 Å². The van der Waals surface area contributed by atoms with E-state index in [2.05, 4.69) is 62.5 Å². The molecule has 364 valence electrons. The Labute approximate surface area is 385 Å². The smallest absolute Gasteiger partial charge is 0.306 e. The van der Waals surface area contributed by atoms with E-state index in [1.165, 1.54) is 167 Å². The van der Waals surface area contributed by atoms with Gasteiger partial charge in [0.05, 0.1) is 25.2 Å². The molecule has 0 rings (SSSR count). The Morgan fingerprint density at radius 3 is 1.26 bits per heavy atom. The molecule has 3 N–H and O–H groups in total. The molecule has 3 unspecified atom stereocenters. The summed E-state index contributed by atoms with van der Waals surface area (Å²) in [5.41, 5.74) is 0. The molecular formula is C56H105NO5. The molecule has 0 saturated carbocycles. The number of carbonyl (C=O) groups is 2. The lowest BCUT2D eigenvalue weighted by atomic mass is 10.0. The largest absolute Gasteiger partial charge is 0.462 e. The molecule has 6 nitrogen and oxygen atoms in total. The van der Waals surface area contributed by atoms with Gasteiger partial charge in [-0.1, -0.05) is 243 Å². The highest BCUT2D eigenvalue weighted by atomic mass is 16.5. The van der Waals surface area contributed by atoms with Gasteiger partial charge in [0.2, 0.25) is 5.91 Å². The lowest BCUT2D eigenvalue weighted by molar-refractivity contribution is -0.151. The molecule has 0 bridgehead atoms. The maximum absolute atomic E-state index is 13.2. The van der Waals surface area contributed by atoms with Crippen LogP contribution in [0.15, 0.2) is 36.5 Å². The van der Waals surface area contributed by atoms with Gasteiger partial charge in [-0.2, -0.15) is 0 Å². The first-order valence-corrected chi connectivity index (χ1v) is 27.2. The summed E-state index contributed by atoms with van der Waals surface area (Å²) in [7, 11) is 0. The molecule has 0 spiro atoms. The zero-order chi connectivity index (χ0) is 45.2. The van der Waals surface area contributed by atoms with Crippen molar-refractivity contribution < 1.29 is 24.5 Å². The van der Waals surface area contributed by atoms with Gasteiger partial charge in [-0.05, 0) is 64.2 Å². The Morgan fingerprint density at radius 2 is 0.823 bits per heavy atom. The van der Waals surface area contributed by atoms with Crippen molar-refractivity contribution in [1.29, 1.82) is 0 Å². The second-order valence-electron chi connectivity index (χ2n) is 18.6. The molecule has 0 aromatic rings.